The normalized spacial score (nSPS) is 18.7. The molecule has 0 saturated carbocycles. The maximum absolute atomic E-state index is 14.0. The first kappa shape index (κ1) is 29.8. The van der Waals surface area contributed by atoms with Gasteiger partial charge in [-0.3, -0.25) is 0 Å². The molecule has 0 radical (unpaired) electrons. The lowest BCUT2D eigenvalue weighted by molar-refractivity contribution is -0.137. The van der Waals surface area contributed by atoms with E-state index in [9.17, 15) is 13.2 Å². The van der Waals surface area contributed by atoms with Crippen LogP contribution >= 0.6 is 0 Å². The van der Waals surface area contributed by atoms with E-state index in [4.69, 9.17) is 9.47 Å². The molecular weight excluding hydrogens is 617 g/mol. The smallest absolute Gasteiger partial charge is 0.416 e. The van der Waals surface area contributed by atoms with Crippen LogP contribution in [0.4, 0.5) is 13.2 Å². The van der Waals surface area contributed by atoms with Crippen molar-refractivity contribution in [3.63, 3.8) is 0 Å². The van der Waals surface area contributed by atoms with Gasteiger partial charge in [0.25, 0.3) is 0 Å². The minimum Gasteiger partial charge on any atom is -0.497 e. The van der Waals surface area contributed by atoms with Gasteiger partial charge < -0.3 is 9.47 Å². The van der Waals surface area contributed by atoms with E-state index in [1.807, 2.05) is 38.1 Å². The fourth-order valence-corrected chi connectivity index (χ4v) is 8.54. The van der Waals surface area contributed by atoms with Crippen LogP contribution in [0.15, 0.2) is 115 Å². The van der Waals surface area contributed by atoms with Crippen LogP contribution < -0.4 is 9.47 Å². The van der Waals surface area contributed by atoms with Crippen molar-refractivity contribution in [2.24, 2.45) is 0 Å². The summed E-state index contributed by atoms with van der Waals surface area (Å²) in [5.74, 6) is 1.50. The molecule has 0 aromatic heterocycles. The zero-order valence-electron chi connectivity index (χ0n) is 27.4. The molecule has 49 heavy (non-hydrogen) atoms. The van der Waals surface area contributed by atoms with Gasteiger partial charge in [0.2, 0.25) is 0 Å². The van der Waals surface area contributed by atoms with Gasteiger partial charge in [-0.25, -0.2) is 0 Å². The molecule has 0 spiro atoms. The first-order chi connectivity index (χ1) is 23.6. The molecule has 0 amide bonds. The molecule has 0 fully saturated rings. The molecule has 0 bridgehead atoms. The van der Waals surface area contributed by atoms with Gasteiger partial charge in [0, 0.05) is 21.9 Å². The molecule has 1 aliphatic heterocycles. The molecule has 242 valence electrons. The van der Waals surface area contributed by atoms with Crippen LogP contribution in [0.1, 0.15) is 59.2 Å². The zero-order chi connectivity index (χ0) is 33.7. The van der Waals surface area contributed by atoms with Crippen molar-refractivity contribution in [3.8, 4) is 22.6 Å². The predicted molar refractivity (Wildman–Crippen MR) is 191 cm³/mol. The summed E-state index contributed by atoms with van der Waals surface area (Å²) in [7, 11) is 1.66. The number of ether oxygens (including phenoxy) is 2. The standard InChI is InChI=1S/C44H33F3O2/c1-42(2)38-25-30(44(45,46)47)17-21-36(38)39-34-10-6-7-11-35(34)41-37(40(39)42)22-23-43(49-41,28-14-18-31(48-3)19-15-28)29-16-20-33-27(24-29)13-12-26-8-4-5-9-32(26)33/h4-15,17-19,21-25H,16,20H2,1-3H3. The van der Waals surface area contributed by atoms with Gasteiger partial charge in [0.05, 0.1) is 12.7 Å². The van der Waals surface area contributed by atoms with Gasteiger partial charge in [-0.15, -0.1) is 0 Å². The number of hydrogen-bond donors (Lipinski definition) is 0. The topological polar surface area (TPSA) is 18.5 Å². The van der Waals surface area contributed by atoms with E-state index in [-0.39, 0.29) is 0 Å². The lowest BCUT2D eigenvalue weighted by Crippen LogP contribution is -2.36. The third-order valence-corrected chi connectivity index (χ3v) is 10.9. The first-order valence-electron chi connectivity index (χ1n) is 16.7. The summed E-state index contributed by atoms with van der Waals surface area (Å²) in [6, 6.07) is 33.3. The van der Waals surface area contributed by atoms with E-state index >= 15 is 0 Å². The van der Waals surface area contributed by atoms with Gasteiger partial charge in [0.1, 0.15) is 11.5 Å². The lowest BCUT2D eigenvalue weighted by atomic mass is 9.74. The Labute approximate surface area is 283 Å². The summed E-state index contributed by atoms with van der Waals surface area (Å²) in [6.07, 6.45) is 3.85. The number of hydrogen-bond acceptors (Lipinski definition) is 2. The van der Waals surface area contributed by atoms with Gasteiger partial charge >= 0.3 is 6.18 Å². The van der Waals surface area contributed by atoms with Crippen LogP contribution in [0, 0.1) is 0 Å². The molecule has 0 N–H and O–H groups in total. The Morgan fingerprint density at radius 2 is 1.51 bits per heavy atom. The minimum absolute atomic E-state index is 0.632. The third-order valence-electron chi connectivity index (χ3n) is 10.9. The summed E-state index contributed by atoms with van der Waals surface area (Å²) >= 11 is 0. The zero-order valence-corrected chi connectivity index (χ0v) is 27.4. The van der Waals surface area contributed by atoms with Crippen LogP contribution in [0.25, 0.3) is 44.8 Å². The van der Waals surface area contributed by atoms with Gasteiger partial charge in [0.15, 0.2) is 5.60 Å². The van der Waals surface area contributed by atoms with Crippen molar-refractivity contribution in [2.45, 2.75) is 43.9 Å². The van der Waals surface area contributed by atoms with Crippen molar-refractivity contribution in [1.29, 1.82) is 0 Å². The molecule has 6 aromatic rings. The van der Waals surface area contributed by atoms with Crippen LogP contribution in [0.2, 0.25) is 0 Å². The Kier molecular flexibility index (Phi) is 6.30. The number of halogens is 3. The lowest BCUT2D eigenvalue weighted by Gasteiger charge is -2.41. The van der Waals surface area contributed by atoms with Crippen molar-refractivity contribution in [1.82, 2.24) is 0 Å². The van der Waals surface area contributed by atoms with E-state index in [0.29, 0.717) is 5.56 Å². The van der Waals surface area contributed by atoms with Gasteiger partial charge in [-0.05, 0) is 98.3 Å². The van der Waals surface area contributed by atoms with E-state index < -0.39 is 22.8 Å². The van der Waals surface area contributed by atoms with Gasteiger partial charge in [-0.1, -0.05) is 105 Å². The molecular formula is C44H33F3O2. The van der Waals surface area contributed by atoms with Crippen LogP contribution in [-0.4, -0.2) is 7.11 Å². The highest BCUT2D eigenvalue weighted by molar-refractivity contribution is 6.08. The van der Waals surface area contributed by atoms with Crippen LogP contribution in [0.3, 0.4) is 0 Å². The third kappa shape index (κ3) is 4.27. The van der Waals surface area contributed by atoms with E-state index in [0.717, 1.165) is 68.5 Å². The van der Waals surface area contributed by atoms with Gasteiger partial charge in [-0.2, -0.15) is 13.2 Å². The molecule has 0 saturated heterocycles. The number of methoxy groups -OCH3 is 1. The Morgan fingerprint density at radius 3 is 2.27 bits per heavy atom. The Bertz CT molecular complexity index is 2410. The molecule has 2 nitrogen and oxygen atoms in total. The second-order valence-electron chi connectivity index (χ2n) is 13.8. The highest BCUT2D eigenvalue weighted by Crippen LogP contribution is 2.59. The molecule has 1 atom stereocenters. The van der Waals surface area contributed by atoms with Crippen LogP contribution in [0.5, 0.6) is 11.5 Å². The van der Waals surface area contributed by atoms with Crippen molar-refractivity contribution in [3.05, 3.63) is 154 Å². The fourth-order valence-electron chi connectivity index (χ4n) is 8.54. The minimum atomic E-state index is -4.43. The molecule has 1 unspecified atom stereocenters. The quantitative estimate of drug-likeness (QED) is 0.190. The fraction of sp³-hybridized carbons (Fsp3) is 0.182. The molecule has 3 aliphatic rings. The number of rotatable bonds is 3. The summed E-state index contributed by atoms with van der Waals surface area (Å²) in [5, 5.41) is 4.41. The first-order valence-corrected chi connectivity index (χ1v) is 16.7. The summed E-state index contributed by atoms with van der Waals surface area (Å²) in [5.41, 5.74) is 6.80. The van der Waals surface area contributed by atoms with Crippen molar-refractivity contribution in [2.75, 3.05) is 7.11 Å². The molecule has 1 heterocycles. The average Bonchev–Trinajstić information content (AvgIpc) is 3.37. The Morgan fingerprint density at radius 1 is 0.776 bits per heavy atom. The number of alkyl halides is 3. The maximum Gasteiger partial charge on any atom is 0.416 e. The Balaban J connectivity index is 1.29. The summed E-state index contributed by atoms with van der Waals surface area (Å²) in [4.78, 5) is 0. The molecule has 6 aromatic carbocycles. The van der Waals surface area contributed by atoms with E-state index in [1.54, 1.807) is 13.2 Å². The van der Waals surface area contributed by atoms with Crippen LogP contribution in [-0.2, 0) is 23.6 Å². The largest absolute Gasteiger partial charge is 0.497 e. The highest BCUT2D eigenvalue weighted by Gasteiger charge is 2.46. The predicted octanol–water partition coefficient (Wildman–Crippen LogP) is 11.7. The molecule has 2 aliphatic carbocycles. The maximum atomic E-state index is 14.0. The average molecular weight is 651 g/mol. The summed E-state index contributed by atoms with van der Waals surface area (Å²) < 4.78 is 54.9. The SMILES string of the molecule is COc1ccc(C2(C3=Cc4ccc5ccccc5c4CC3)C=Cc3c4c(c5ccccc5c3O2)-c2ccc(C(F)(F)F)cc2C4(C)C)cc1. The molecule has 5 heteroatoms. The van der Waals surface area contributed by atoms with E-state index in [2.05, 4.69) is 78.9 Å². The van der Waals surface area contributed by atoms with Crippen molar-refractivity contribution >= 4 is 33.7 Å². The monoisotopic (exact) mass is 650 g/mol. The van der Waals surface area contributed by atoms with E-state index in [1.165, 1.54) is 34.0 Å². The number of fused-ring (bicyclic) bond motifs is 11. The Hall–Kier alpha value is -5.29. The second kappa shape index (κ2) is 10.4. The highest BCUT2D eigenvalue weighted by atomic mass is 19.4. The summed E-state index contributed by atoms with van der Waals surface area (Å²) in [6.45, 7) is 4.05. The number of benzene rings is 6. The van der Waals surface area contributed by atoms with Crippen molar-refractivity contribution < 1.29 is 22.6 Å². The second-order valence-corrected chi connectivity index (χ2v) is 13.8. The number of aryl methyl sites for hydroxylation is 1. The molecule has 9 rings (SSSR count).